The van der Waals surface area contributed by atoms with Crippen molar-refractivity contribution in [3.8, 4) is 0 Å². The maximum atomic E-state index is 13.5. The number of anilines is 3. The standard InChI is InChI=1S/C38H39N9O6/c1-43(2)37(53)30-19-23-21-39-38(42-32(23)46(30)25-5-3-4-6-25)40-24-9-7-22(8-10-24)34(50)45-17-15-44(16-18-45)26-11-12-27-28(20-26)36(52)47(35(27)51)29-13-14-31(48)41-33(29)49/h7-12,19-21,25,29H,3-6,13-18H2,1-2H3,(H,39,40,42)(H,41,48,49). The first-order valence-corrected chi connectivity index (χ1v) is 17.9. The van der Waals surface area contributed by atoms with Crippen molar-refractivity contribution in [3.05, 3.63) is 77.1 Å². The number of piperazine rings is 1. The Morgan fingerprint density at radius 2 is 1.58 bits per heavy atom. The Labute approximate surface area is 304 Å². The summed E-state index contributed by atoms with van der Waals surface area (Å²) in [7, 11) is 3.50. The van der Waals surface area contributed by atoms with E-state index < -0.39 is 29.7 Å². The van der Waals surface area contributed by atoms with E-state index in [0.29, 0.717) is 43.4 Å². The van der Waals surface area contributed by atoms with Gasteiger partial charge >= 0.3 is 0 Å². The van der Waals surface area contributed by atoms with Crippen LogP contribution in [0.5, 0.6) is 0 Å². The van der Waals surface area contributed by atoms with Crippen LogP contribution in [-0.4, -0.2) is 111 Å². The predicted molar refractivity (Wildman–Crippen MR) is 194 cm³/mol. The second kappa shape index (κ2) is 13.5. The van der Waals surface area contributed by atoms with E-state index in [1.54, 1.807) is 60.4 Å². The summed E-state index contributed by atoms with van der Waals surface area (Å²) in [5, 5.41) is 6.27. The van der Waals surface area contributed by atoms with Crippen LogP contribution in [0, 0.1) is 0 Å². The second-order valence-corrected chi connectivity index (χ2v) is 14.2. The summed E-state index contributed by atoms with van der Waals surface area (Å²) in [5.41, 5.74) is 3.79. The highest BCUT2D eigenvalue weighted by Crippen LogP contribution is 2.35. The molecule has 2 aromatic carbocycles. The van der Waals surface area contributed by atoms with Crippen LogP contribution in [0.15, 0.2) is 54.7 Å². The third-order valence-corrected chi connectivity index (χ3v) is 10.6. The number of hydrogen-bond acceptors (Lipinski definition) is 10. The lowest BCUT2D eigenvalue weighted by Gasteiger charge is -2.36. The molecule has 2 N–H and O–H groups in total. The number of imide groups is 2. The Morgan fingerprint density at radius 3 is 2.28 bits per heavy atom. The van der Waals surface area contributed by atoms with Gasteiger partial charge in [0.15, 0.2) is 0 Å². The van der Waals surface area contributed by atoms with Crippen molar-refractivity contribution < 1.29 is 28.8 Å². The minimum Gasteiger partial charge on any atom is -0.368 e. The zero-order chi connectivity index (χ0) is 37.0. The number of carbonyl (C=O) groups excluding carboxylic acids is 6. The van der Waals surface area contributed by atoms with Crippen LogP contribution in [0.1, 0.15) is 86.1 Å². The van der Waals surface area contributed by atoms with E-state index in [2.05, 4.69) is 25.1 Å². The molecule has 2 aromatic heterocycles. The second-order valence-electron chi connectivity index (χ2n) is 14.2. The lowest BCUT2D eigenvalue weighted by molar-refractivity contribution is -0.136. The summed E-state index contributed by atoms with van der Waals surface area (Å²) < 4.78 is 2.07. The number of amides is 6. The van der Waals surface area contributed by atoms with E-state index in [1.165, 1.54) is 0 Å². The average Bonchev–Trinajstić information content (AvgIpc) is 3.88. The van der Waals surface area contributed by atoms with E-state index in [9.17, 15) is 28.8 Å². The summed E-state index contributed by atoms with van der Waals surface area (Å²) in [6.07, 6.45) is 6.12. The van der Waals surface area contributed by atoms with Gasteiger partial charge in [-0.3, -0.25) is 39.0 Å². The molecule has 1 unspecified atom stereocenters. The molecule has 3 aliphatic heterocycles. The molecule has 3 fully saturated rings. The van der Waals surface area contributed by atoms with Gasteiger partial charge in [-0.25, -0.2) is 4.98 Å². The van der Waals surface area contributed by atoms with E-state index in [-0.39, 0.29) is 41.8 Å². The van der Waals surface area contributed by atoms with Crippen LogP contribution in [0.3, 0.4) is 0 Å². The van der Waals surface area contributed by atoms with Gasteiger partial charge in [0.1, 0.15) is 17.4 Å². The SMILES string of the molecule is CN(C)C(=O)c1cc2cnc(Nc3ccc(C(=O)N4CCN(c5ccc6c(c5)C(=O)N(C5CCC(=O)NC5=O)C6=O)CC4)cc3)nc2n1C1CCCC1. The molecule has 15 nitrogen and oxygen atoms in total. The van der Waals surface area contributed by atoms with Gasteiger partial charge in [-0.05, 0) is 67.8 Å². The summed E-state index contributed by atoms with van der Waals surface area (Å²) >= 11 is 0. The summed E-state index contributed by atoms with van der Waals surface area (Å²) in [5.74, 6) is -1.93. The number of carbonyl (C=O) groups is 6. The fraction of sp³-hybridized carbons (Fsp3) is 0.368. The molecule has 0 spiro atoms. The highest BCUT2D eigenvalue weighted by Gasteiger charge is 2.45. The lowest BCUT2D eigenvalue weighted by atomic mass is 10.0. The van der Waals surface area contributed by atoms with Gasteiger partial charge in [-0.15, -0.1) is 0 Å². The Morgan fingerprint density at radius 1 is 0.868 bits per heavy atom. The van der Waals surface area contributed by atoms with Crippen molar-refractivity contribution in [2.45, 2.75) is 50.6 Å². The fourth-order valence-electron chi connectivity index (χ4n) is 7.83. The van der Waals surface area contributed by atoms with Gasteiger partial charge in [0, 0.05) is 81.3 Å². The molecule has 6 amide bonds. The molecule has 1 saturated carbocycles. The third-order valence-electron chi connectivity index (χ3n) is 10.6. The Kier molecular flexibility index (Phi) is 8.63. The maximum absolute atomic E-state index is 13.5. The number of nitrogens with one attached hydrogen (secondary N) is 2. The first kappa shape index (κ1) is 34.0. The Hall–Kier alpha value is -6.12. The number of aromatic nitrogens is 3. The number of hydrogen-bond donors (Lipinski definition) is 2. The van der Waals surface area contributed by atoms with E-state index in [1.807, 2.05) is 18.2 Å². The minimum atomic E-state index is -1.02. The number of rotatable bonds is 7. The quantitative estimate of drug-likeness (QED) is 0.271. The highest BCUT2D eigenvalue weighted by molar-refractivity contribution is 6.23. The fourth-order valence-corrected chi connectivity index (χ4v) is 7.83. The number of piperidine rings is 1. The van der Waals surface area contributed by atoms with Crippen molar-refractivity contribution in [2.75, 3.05) is 50.5 Å². The largest absolute Gasteiger partial charge is 0.368 e. The summed E-state index contributed by atoms with van der Waals surface area (Å²) in [4.78, 5) is 92.6. The number of fused-ring (bicyclic) bond motifs is 2. The molecule has 15 heteroatoms. The first-order valence-electron chi connectivity index (χ1n) is 17.9. The van der Waals surface area contributed by atoms with Crippen molar-refractivity contribution >= 4 is 63.8 Å². The monoisotopic (exact) mass is 717 g/mol. The van der Waals surface area contributed by atoms with Crippen molar-refractivity contribution in [1.29, 1.82) is 0 Å². The van der Waals surface area contributed by atoms with Gasteiger partial charge in [0.2, 0.25) is 17.8 Å². The molecule has 4 aliphatic rings. The molecule has 272 valence electrons. The van der Waals surface area contributed by atoms with Crippen LogP contribution in [0.25, 0.3) is 11.0 Å². The normalized spacial score (nSPS) is 19.2. The predicted octanol–water partition coefficient (Wildman–Crippen LogP) is 3.36. The number of nitrogens with zero attached hydrogens (tertiary/aromatic N) is 7. The van der Waals surface area contributed by atoms with Crippen LogP contribution in [0.4, 0.5) is 17.3 Å². The molecular weight excluding hydrogens is 678 g/mol. The molecule has 5 heterocycles. The number of benzene rings is 2. The molecular formula is C38H39N9O6. The Bertz CT molecular complexity index is 2180. The maximum Gasteiger partial charge on any atom is 0.270 e. The average molecular weight is 718 g/mol. The zero-order valence-corrected chi connectivity index (χ0v) is 29.5. The Balaban J connectivity index is 0.909. The van der Waals surface area contributed by atoms with Crippen LogP contribution in [0.2, 0.25) is 0 Å². The molecule has 8 rings (SSSR count). The minimum absolute atomic E-state index is 0.0593. The molecule has 2 saturated heterocycles. The van der Waals surface area contributed by atoms with Crippen LogP contribution in [-0.2, 0) is 9.59 Å². The zero-order valence-electron chi connectivity index (χ0n) is 29.5. The molecule has 1 atom stereocenters. The van der Waals surface area contributed by atoms with Gasteiger partial charge in [-0.1, -0.05) is 12.8 Å². The molecule has 1 aliphatic carbocycles. The first-order chi connectivity index (χ1) is 25.6. The molecule has 0 radical (unpaired) electrons. The van der Waals surface area contributed by atoms with E-state index in [4.69, 9.17) is 4.98 Å². The smallest absolute Gasteiger partial charge is 0.270 e. The third kappa shape index (κ3) is 6.15. The molecule has 4 aromatic rings. The molecule has 53 heavy (non-hydrogen) atoms. The van der Waals surface area contributed by atoms with E-state index >= 15 is 0 Å². The van der Waals surface area contributed by atoms with Gasteiger partial charge < -0.3 is 24.6 Å². The van der Waals surface area contributed by atoms with Crippen molar-refractivity contribution in [1.82, 2.24) is 34.6 Å². The van der Waals surface area contributed by atoms with Crippen LogP contribution < -0.4 is 15.5 Å². The van der Waals surface area contributed by atoms with Crippen molar-refractivity contribution in [3.63, 3.8) is 0 Å². The van der Waals surface area contributed by atoms with Crippen LogP contribution >= 0.6 is 0 Å². The van der Waals surface area contributed by atoms with Crippen molar-refractivity contribution in [2.24, 2.45) is 0 Å². The van der Waals surface area contributed by atoms with Gasteiger partial charge in [0.25, 0.3) is 23.6 Å². The van der Waals surface area contributed by atoms with E-state index in [0.717, 1.165) is 53.0 Å². The lowest BCUT2D eigenvalue weighted by Crippen LogP contribution is -2.54. The van der Waals surface area contributed by atoms with Gasteiger partial charge in [0.05, 0.1) is 11.1 Å². The van der Waals surface area contributed by atoms with Gasteiger partial charge in [-0.2, -0.15) is 4.98 Å². The molecule has 0 bridgehead atoms. The topological polar surface area (TPSA) is 170 Å². The summed E-state index contributed by atoms with van der Waals surface area (Å²) in [6.45, 7) is 1.96. The summed E-state index contributed by atoms with van der Waals surface area (Å²) in [6, 6.07) is 13.3. The highest BCUT2D eigenvalue weighted by atomic mass is 16.2.